The largest absolute Gasteiger partial charge is 0.497 e. The molecule has 1 atom stereocenters. The number of nitrogens with one attached hydrogen (secondary N) is 1. The summed E-state index contributed by atoms with van der Waals surface area (Å²) in [5.74, 6) is 0.919. The molecule has 1 unspecified atom stereocenters. The van der Waals surface area contributed by atoms with Crippen LogP contribution in [0.3, 0.4) is 0 Å². The van der Waals surface area contributed by atoms with E-state index in [-0.39, 0.29) is 0 Å². The van der Waals surface area contributed by atoms with E-state index in [1.807, 2.05) is 6.07 Å². The minimum Gasteiger partial charge on any atom is -0.497 e. The van der Waals surface area contributed by atoms with E-state index in [0.29, 0.717) is 6.04 Å². The first-order chi connectivity index (χ1) is 9.74. The van der Waals surface area contributed by atoms with Gasteiger partial charge in [-0.25, -0.2) is 0 Å². The van der Waals surface area contributed by atoms with Crippen LogP contribution in [0, 0.1) is 0 Å². The van der Waals surface area contributed by atoms with Gasteiger partial charge in [0.2, 0.25) is 0 Å². The Hall–Kier alpha value is -0.840. The van der Waals surface area contributed by atoms with Crippen LogP contribution in [-0.2, 0) is 6.42 Å². The van der Waals surface area contributed by atoms with Crippen molar-refractivity contribution in [3.05, 3.63) is 50.6 Å². The Morgan fingerprint density at radius 1 is 1.35 bits per heavy atom. The highest BCUT2D eigenvalue weighted by Crippen LogP contribution is 2.31. The number of hydrogen-bond donors (Lipinski definition) is 1. The second-order valence-electron chi connectivity index (χ2n) is 4.70. The molecule has 2 nitrogen and oxygen atoms in total. The predicted molar refractivity (Wildman–Crippen MR) is 89.8 cm³/mol. The lowest BCUT2D eigenvalue weighted by atomic mass is 10.0. The van der Waals surface area contributed by atoms with E-state index in [1.165, 1.54) is 14.9 Å². The van der Waals surface area contributed by atoms with Crippen LogP contribution in [-0.4, -0.2) is 13.7 Å². The van der Waals surface area contributed by atoms with Crippen LogP contribution < -0.4 is 10.1 Å². The molecule has 0 amide bonds. The van der Waals surface area contributed by atoms with E-state index >= 15 is 0 Å². The normalized spacial score (nSPS) is 12.3. The van der Waals surface area contributed by atoms with E-state index < -0.39 is 0 Å². The molecule has 0 aliphatic heterocycles. The van der Waals surface area contributed by atoms with E-state index in [0.717, 1.165) is 25.1 Å². The molecule has 0 aliphatic carbocycles. The second-order valence-corrected chi connectivity index (χ2v) is 6.50. The van der Waals surface area contributed by atoms with E-state index in [1.54, 1.807) is 18.4 Å². The third kappa shape index (κ3) is 4.08. The van der Waals surface area contributed by atoms with Crippen LogP contribution in [0.25, 0.3) is 0 Å². The molecule has 1 aromatic heterocycles. The molecule has 2 aromatic rings. The molecule has 1 N–H and O–H groups in total. The fourth-order valence-corrected chi connectivity index (χ4v) is 3.89. The van der Waals surface area contributed by atoms with Gasteiger partial charge in [0.15, 0.2) is 0 Å². The van der Waals surface area contributed by atoms with Crippen LogP contribution in [0.4, 0.5) is 0 Å². The van der Waals surface area contributed by atoms with Crippen molar-refractivity contribution < 1.29 is 4.74 Å². The third-order valence-corrected chi connectivity index (χ3v) is 5.16. The van der Waals surface area contributed by atoms with Crippen molar-refractivity contribution in [3.8, 4) is 5.75 Å². The van der Waals surface area contributed by atoms with Gasteiger partial charge in [-0.05, 0) is 64.5 Å². The fraction of sp³-hybridized carbons (Fsp3) is 0.375. The number of ether oxygens (including phenoxy) is 1. The van der Waals surface area contributed by atoms with Gasteiger partial charge in [-0.15, -0.1) is 11.3 Å². The fourth-order valence-electron chi connectivity index (χ4n) is 2.17. The Balaban J connectivity index is 2.17. The van der Waals surface area contributed by atoms with Gasteiger partial charge >= 0.3 is 0 Å². The zero-order chi connectivity index (χ0) is 14.4. The lowest BCUT2D eigenvalue weighted by Crippen LogP contribution is -2.23. The number of hydrogen-bond acceptors (Lipinski definition) is 3. The van der Waals surface area contributed by atoms with Crippen molar-refractivity contribution in [2.45, 2.75) is 25.8 Å². The first kappa shape index (κ1) is 15.5. The van der Waals surface area contributed by atoms with Gasteiger partial charge in [-0.3, -0.25) is 0 Å². The molecular weight excluding hydrogens is 334 g/mol. The monoisotopic (exact) mass is 353 g/mol. The number of benzene rings is 1. The molecule has 0 aliphatic rings. The lowest BCUT2D eigenvalue weighted by Gasteiger charge is -2.18. The minimum absolute atomic E-state index is 0.344. The molecule has 1 aromatic carbocycles. The van der Waals surface area contributed by atoms with Crippen molar-refractivity contribution in [1.29, 1.82) is 0 Å². The summed E-state index contributed by atoms with van der Waals surface area (Å²) in [7, 11) is 1.71. The maximum Gasteiger partial charge on any atom is 0.119 e. The summed E-state index contributed by atoms with van der Waals surface area (Å²) in [6.07, 6.45) is 2.11. The Kier molecular flexibility index (Phi) is 6.07. The molecule has 20 heavy (non-hydrogen) atoms. The number of halogens is 1. The summed E-state index contributed by atoms with van der Waals surface area (Å²) in [6, 6.07) is 10.8. The molecule has 4 heteroatoms. The summed E-state index contributed by atoms with van der Waals surface area (Å²) in [5.41, 5.74) is 1.29. The maximum absolute atomic E-state index is 5.30. The first-order valence-electron chi connectivity index (χ1n) is 6.83. The van der Waals surface area contributed by atoms with Gasteiger partial charge in [0, 0.05) is 15.4 Å². The SMILES string of the molecule is CCCNC(Cc1cccc(OC)c1)c1sccc1Br. The average molecular weight is 354 g/mol. The van der Waals surface area contributed by atoms with Gasteiger partial charge < -0.3 is 10.1 Å². The van der Waals surface area contributed by atoms with Crippen molar-refractivity contribution in [3.63, 3.8) is 0 Å². The highest BCUT2D eigenvalue weighted by Gasteiger charge is 2.16. The van der Waals surface area contributed by atoms with E-state index in [2.05, 4.69) is 57.8 Å². The van der Waals surface area contributed by atoms with Crippen molar-refractivity contribution in [2.75, 3.05) is 13.7 Å². The van der Waals surface area contributed by atoms with Gasteiger partial charge in [0.1, 0.15) is 5.75 Å². The molecule has 0 spiro atoms. The van der Waals surface area contributed by atoms with E-state index in [4.69, 9.17) is 4.74 Å². The molecular formula is C16H20BrNOS. The standard InChI is InChI=1S/C16H20BrNOS/c1-3-8-18-15(16-14(17)7-9-20-16)11-12-5-4-6-13(10-12)19-2/h4-7,9-10,15,18H,3,8,11H2,1-2H3. The van der Waals surface area contributed by atoms with Crippen molar-refractivity contribution in [2.24, 2.45) is 0 Å². The highest BCUT2D eigenvalue weighted by molar-refractivity contribution is 9.10. The number of rotatable bonds is 7. The summed E-state index contributed by atoms with van der Waals surface area (Å²) in [6.45, 7) is 3.22. The summed E-state index contributed by atoms with van der Waals surface area (Å²) >= 11 is 5.44. The Morgan fingerprint density at radius 2 is 2.20 bits per heavy atom. The third-order valence-electron chi connectivity index (χ3n) is 3.18. The predicted octanol–water partition coefficient (Wildman–Crippen LogP) is 4.80. The van der Waals surface area contributed by atoms with Crippen LogP contribution in [0.2, 0.25) is 0 Å². The average Bonchev–Trinajstić information content (AvgIpc) is 2.90. The molecule has 2 rings (SSSR count). The molecule has 108 valence electrons. The summed E-state index contributed by atoms with van der Waals surface area (Å²) < 4.78 is 6.50. The van der Waals surface area contributed by atoms with Gasteiger partial charge in [0.25, 0.3) is 0 Å². The van der Waals surface area contributed by atoms with Crippen molar-refractivity contribution >= 4 is 27.3 Å². The highest BCUT2D eigenvalue weighted by atomic mass is 79.9. The molecule has 0 radical (unpaired) electrons. The number of thiophene rings is 1. The van der Waals surface area contributed by atoms with E-state index in [9.17, 15) is 0 Å². The van der Waals surface area contributed by atoms with Gasteiger partial charge in [-0.1, -0.05) is 19.1 Å². The zero-order valence-corrected chi connectivity index (χ0v) is 14.3. The number of methoxy groups -OCH3 is 1. The molecule has 1 heterocycles. The Labute approximate surface area is 133 Å². The molecule has 0 saturated heterocycles. The summed E-state index contributed by atoms with van der Waals surface area (Å²) in [4.78, 5) is 1.36. The first-order valence-corrected chi connectivity index (χ1v) is 8.51. The lowest BCUT2D eigenvalue weighted by molar-refractivity contribution is 0.414. The topological polar surface area (TPSA) is 21.3 Å². The Bertz CT molecular complexity index is 541. The Morgan fingerprint density at radius 3 is 2.85 bits per heavy atom. The van der Waals surface area contributed by atoms with Crippen LogP contribution >= 0.6 is 27.3 Å². The summed E-state index contributed by atoms with van der Waals surface area (Å²) in [5, 5.41) is 5.77. The quantitative estimate of drug-likeness (QED) is 0.771. The van der Waals surface area contributed by atoms with Gasteiger partial charge in [-0.2, -0.15) is 0 Å². The molecule has 0 bridgehead atoms. The molecule has 0 fully saturated rings. The zero-order valence-electron chi connectivity index (χ0n) is 11.9. The van der Waals surface area contributed by atoms with Crippen LogP contribution in [0.5, 0.6) is 5.75 Å². The minimum atomic E-state index is 0.344. The molecule has 0 saturated carbocycles. The van der Waals surface area contributed by atoms with Crippen LogP contribution in [0.1, 0.15) is 29.8 Å². The maximum atomic E-state index is 5.30. The van der Waals surface area contributed by atoms with Crippen LogP contribution in [0.15, 0.2) is 40.2 Å². The second kappa shape index (κ2) is 7.81. The smallest absolute Gasteiger partial charge is 0.119 e. The van der Waals surface area contributed by atoms with Crippen molar-refractivity contribution in [1.82, 2.24) is 5.32 Å². The van der Waals surface area contributed by atoms with Gasteiger partial charge in [0.05, 0.1) is 7.11 Å².